The van der Waals surface area contributed by atoms with E-state index in [2.05, 4.69) is 10.3 Å². The number of nitrogen functional groups attached to an aromatic ring is 1. The van der Waals surface area contributed by atoms with Gasteiger partial charge in [0.1, 0.15) is 0 Å². The summed E-state index contributed by atoms with van der Waals surface area (Å²) in [4.78, 5) is 13.7. The number of benzene rings is 1. The minimum Gasteiger partial charge on any atom is -0.408 e. The van der Waals surface area contributed by atoms with Crippen LogP contribution in [0.3, 0.4) is 0 Å². The molecule has 2 aromatic rings. The molecule has 1 heterocycles. The van der Waals surface area contributed by atoms with E-state index in [4.69, 9.17) is 20.0 Å². The van der Waals surface area contributed by atoms with Gasteiger partial charge in [-0.2, -0.15) is 0 Å². The molecule has 7 nitrogen and oxygen atoms in total. The van der Waals surface area contributed by atoms with Crippen molar-refractivity contribution in [2.24, 2.45) is 0 Å². The van der Waals surface area contributed by atoms with Gasteiger partial charge >= 0.3 is 5.76 Å². The van der Waals surface area contributed by atoms with Gasteiger partial charge in [0.15, 0.2) is 5.58 Å². The van der Waals surface area contributed by atoms with Gasteiger partial charge in [0.2, 0.25) is 0 Å². The van der Waals surface area contributed by atoms with Gasteiger partial charge in [-0.3, -0.25) is 4.98 Å². The van der Waals surface area contributed by atoms with E-state index in [1.54, 1.807) is 19.2 Å². The van der Waals surface area contributed by atoms with Crippen LogP contribution in [0.4, 0.5) is 11.4 Å². The lowest BCUT2D eigenvalue weighted by molar-refractivity contribution is 0.170. The fourth-order valence-electron chi connectivity index (χ4n) is 1.91. The molecule has 1 unspecified atom stereocenters. The number of oxazole rings is 1. The number of rotatable bonds is 6. The zero-order valence-corrected chi connectivity index (χ0v) is 10.6. The van der Waals surface area contributed by atoms with Crippen molar-refractivity contribution >= 4 is 22.5 Å². The number of nitrogens with two attached hydrogens (primary N) is 1. The average molecular weight is 267 g/mol. The van der Waals surface area contributed by atoms with Gasteiger partial charge in [0, 0.05) is 19.8 Å². The number of ether oxygens (including phenoxy) is 1. The molecule has 0 radical (unpaired) electrons. The van der Waals surface area contributed by atoms with Crippen LogP contribution in [0.15, 0.2) is 21.3 Å². The maximum atomic E-state index is 11.1. The quantitative estimate of drug-likeness (QED) is 0.567. The van der Waals surface area contributed by atoms with Crippen LogP contribution < -0.4 is 16.8 Å². The second-order valence-corrected chi connectivity index (χ2v) is 4.26. The van der Waals surface area contributed by atoms with E-state index in [0.29, 0.717) is 35.5 Å². The Morgan fingerprint density at radius 3 is 3.05 bits per heavy atom. The summed E-state index contributed by atoms with van der Waals surface area (Å²) in [5.41, 5.74) is 8.01. The lowest BCUT2D eigenvalue weighted by atomic mass is 10.2. The monoisotopic (exact) mass is 267 g/mol. The van der Waals surface area contributed by atoms with E-state index in [-0.39, 0.29) is 12.6 Å². The molecule has 0 saturated carbocycles. The van der Waals surface area contributed by atoms with E-state index in [9.17, 15) is 4.79 Å². The molecule has 0 aliphatic heterocycles. The Balaban J connectivity index is 2.27. The van der Waals surface area contributed by atoms with Crippen molar-refractivity contribution in [3.63, 3.8) is 0 Å². The molecular weight excluding hydrogens is 250 g/mol. The highest BCUT2D eigenvalue weighted by molar-refractivity contribution is 5.85. The summed E-state index contributed by atoms with van der Waals surface area (Å²) < 4.78 is 9.99. The molecule has 0 aliphatic carbocycles. The Kier molecular flexibility index (Phi) is 4.08. The molecule has 1 aromatic heterocycles. The zero-order valence-electron chi connectivity index (χ0n) is 10.6. The van der Waals surface area contributed by atoms with Crippen LogP contribution in [0.5, 0.6) is 0 Å². The summed E-state index contributed by atoms with van der Waals surface area (Å²) in [6.07, 6.45) is 0.535. The minimum atomic E-state index is -0.518. The van der Waals surface area contributed by atoms with E-state index in [1.807, 2.05) is 0 Å². The predicted octanol–water partition coefficient (Wildman–Crippen LogP) is 0.513. The third-order valence-corrected chi connectivity index (χ3v) is 2.80. The molecule has 2 rings (SSSR count). The molecular formula is C12H17N3O4. The summed E-state index contributed by atoms with van der Waals surface area (Å²) in [7, 11) is 1.59. The zero-order chi connectivity index (χ0) is 13.8. The molecule has 7 heteroatoms. The number of aliphatic hydroxyl groups excluding tert-OH is 1. The number of anilines is 2. The van der Waals surface area contributed by atoms with Crippen LogP contribution in [0.2, 0.25) is 0 Å². The van der Waals surface area contributed by atoms with Crippen LogP contribution in [0, 0.1) is 0 Å². The molecule has 0 amide bonds. The molecule has 0 fully saturated rings. The second-order valence-electron chi connectivity index (χ2n) is 4.26. The highest BCUT2D eigenvalue weighted by Gasteiger charge is 2.12. The average Bonchev–Trinajstić information content (AvgIpc) is 2.69. The first kappa shape index (κ1) is 13.4. The molecule has 1 aromatic carbocycles. The number of aliphatic hydroxyl groups is 1. The molecule has 0 aliphatic rings. The smallest absolute Gasteiger partial charge is 0.408 e. The Morgan fingerprint density at radius 2 is 2.37 bits per heavy atom. The number of hydrogen-bond donors (Lipinski definition) is 4. The first-order chi connectivity index (χ1) is 9.13. The van der Waals surface area contributed by atoms with Crippen molar-refractivity contribution in [2.45, 2.75) is 12.5 Å². The SMILES string of the molecule is COCC(CCO)Nc1cc2[nH]c(=O)oc2cc1N. The molecule has 0 saturated heterocycles. The number of methoxy groups -OCH3 is 1. The lowest BCUT2D eigenvalue weighted by Gasteiger charge is -2.19. The molecule has 19 heavy (non-hydrogen) atoms. The largest absolute Gasteiger partial charge is 0.417 e. The lowest BCUT2D eigenvalue weighted by Crippen LogP contribution is -2.26. The van der Waals surface area contributed by atoms with Gasteiger partial charge in [-0.1, -0.05) is 0 Å². The van der Waals surface area contributed by atoms with Crippen molar-refractivity contribution in [1.29, 1.82) is 0 Å². The standard InChI is InChI=1S/C12H17N3O4/c1-18-6-7(2-3-16)14-9-5-10-11(4-8(9)13)19-12(17)15-10/h4-5,7,14,16H,2-3,6,13H2,1H3,(H,15,17). The van der Waals surface area contributed by atoms with E-state index < -0.39 is 5.76 Å². The number of aromatic amines is 1. The summed E-state index contributed by atoms with van der Waals surface area (Å²) in [6.45, 7) is 0.492. The van der Waals surface area contributed by atoms with Crippen molar-refractivity contribution in [2.75, 3.05) is 31.4 Å². The maximum Gasteiger partial charge on any atom is 0.417 e. The summed E-state index contributed by atoms with van der Waals surface area (Å²) in [5, 5.41) is 12.2. The number of fused-ring (bicyclic) bond motifs is 1. The van der Waals surface area contributed by atoms with Crippen molar-refractivity contribution in [1.82, 2.24) is 4.98 Å². The summed E-state index contributed by atoms with van der Waals surface area (Å²) in [6, 6.07) is 3.22. The second kappa shape index (κ2) is 5.77. The van der Waals surface area contributed by atoms with E-state index >= 15 is 0 Å². The minimum absolute atomic E-state index is 0.0473. The fourth-order valence-corrected chi connectivity index (χ4v) is 1.91. The van der Waals surface area contributed by atoms with Gasteiger partial charge in [-0.25, -0.2) is 4.79 Å². The predicted molar refractivity (Wildman–Crippen MR) is 72.2 cm³/mol. The summed E-state index contributed by atoms with van der Waals surface area (Å²) >= 11 is 0. The normalized spacial score (nSPS) is 12.7. The molecule has 0 bridgehead atoms. The number of hydrogen-bond acceptors (Lipinski definition) is 6. The van der Waals surface area contributed by atoms with Crippen molar-refractivity contribution in [3.8, 4) is 0 Å². The maximum absolute atomic E-state index is 11.1. The molecule has 104 valence electrons. The van der Waals surface area contributed by atoms with E-state index in [1.165, 1.54) is 0 Å². The van der Waals surface area contributed by atoms with Crippen LogP contribution in [-0.4, -0.2) is 36.5 Å². The highest BCUT2D eigenvalue weighted by Crippen LogP contribution is 2.25. The summed E-state index contributed by atoms with van der Waals surface area (Å²) in [5.74, 6) is -0.518. The van der Waals surface area contributed by atoms with Crippen molar-refractivity contribution < 1.29 is 14.3 Å². The number of nitrogens with one attached hydrogen (secondary N) is 2. The van der Waals surface area contributed by atoms with Gasteiger partial charge in [0.05, 0.1) is 29.5 Å². The topological polar surface area (TPSA) is 114 Å². The van der Waals surface area contributed by atoms with E-state index in [0.717, 1.165) is 0 Å². The first-order valence-electron chi connectivity index (χ1n) is 5.92. The first-order valence-corrected chi connectivity index (χ1v) is 5.92. The number of H-pyrrole nitrogens is 1. The number of aromatic nitrogens is 1. The van der Waals surface area contributed by atoms with Gasteiger partial charge in [0.25, 0.3) is 0 Å². The Hall–Kier alpha value is -1.99. The highest BCUT2D eigenvalue weighted by atomic mass is 16.5. The third-order valence-electron chi connectivity index (χ3n) is 2.80. The molecule has 1 atom stereocenters. The molecule has 0 spiro atoms. The Morgan fingerprint density at radius 1 is 1.58 bits per heavy atom. The van der Waals surface area contributed by atoms with Gasteiger partial charge in [-0.15, -0.1) is 0 Å². The van der Waals surface area contributed by atoms with Crippen LogP contribution >= 0.6 is 0 Å². The molecule has 5 N–H and O–H groups in total. The Bertz CT molecular complexity index is 599. The van der Waals surface area contributed by atoms with Crippen LogP contribution in [-0.2, 0) is 4.74 Å². The Labute approximate surface area is 109 Å². The van der Waals surface area contributed by atoms with Gasteiger partial charge < -0.3 is 25.3 Å². The third kappa shape index (κ3) is 3.07. The van der Waals surface area contributed by atoms with Crippen molar-refractivity contribution in [3.05, 3.63) is 22.7 Å². The van der Waals surface area contributed by atoms with Crippen LogP contribution in [0.25, 0.3) is 11.1 Å². The van der Waals surface area contributed by atoms with Crippen LogP contribution in [0.1, 0.15) is 6.42 Å². The van der Waals surface area contributed by atoms with Gasteiger partial charge in [-0.05, 0) is 12.5 Å². The fraction of sp³-hybridized carbons (Fsp3) is 0.417.